The van der Waals surface area contributed by atoms with Gasteiger partial charge in [0, 0.05) is 25.2 Å². The summed E-state index contributed by atoms with van der Waals surface area (Å²) in [6.07, 6.45) is 1.07. The second-order valence-electron chi connectivity index (χ2n) is 7.42. The van der Waals surface area contributed by atoms with Gasteiger partial charge in [-0.2, -0.15) is 0 Å². The van der Waals surface area contributed by atoms with Crippen LogP contribution in [0.3, 0.4) is 0 Å². The molecule has 0 aromatic heterocycles. The number of ether oxygens (including phenoxy) is 1. The van der Waals surface area contributed by atoms with Crippen molar-refractivity contribution in [3.63, 3.8) is 0 Å². The average Bonchev–Trinajstić information content (AvgIpc) is 2.79. The summed E-state index contributed by atoms with van der Waals surface area (Å²) < 4.78 is 4.78. The second-order valence-corrected chi connectivity index (χ2v) is 7.42. The highest BCUT2D eigenvalue weighted by Crippen LogP contribution is 2.21. The normalized spacial score (nSPS) is 13.4. The van der Waals surface area contributed by atoms with E-state index in [2.05, 4.69) is 34.5 Å². The zero-order valence-electron chi connectivity index (χ0n) is 16.9. The number of para-hydroxylation sites is 1. The Bertz CT molecular complexity index is 1060. The number of carbonyl (C=O) groups excluding carboxylic acids is 2. The highest BCUT2D eigenvalue weighted by molar-refractivity contribution is 6.08. The number of hydrogen-bond donors (Lipinski definition) is 1. The van der Waals surface area contributed by atoms with Crippen LogP contribution >= 0.6 is 0 Å². The molecule has 1 heterocycles. The molecule has 0 saturated carbocycles. The molecule has 5 nitrogen and oxygen atoms in total. The maximum atomic E-state index is 12.6. The lowest BCUT2D eigenvalue weighted by Crippen LogP contribution is -2.29. The van der Waals surface area contributed by atoms with Crippen LogP contribution < -0.4 is 5.32 Å². The van der Waals surface area contributed by atoms with Gasteiger partial charge in [-0.3, -0.25) is 9.69 Å². The third-order valence-corrected chi connectivity index (χ3v) is 5.41. The molecule has 3 aromatic carbocycles. The molecule has 3 aromatic rings. The van der Waals surface area contributed by atoms with E-state index in [4.69, 9.17) is 4.74 Å². The van der Waals surface area contributed by atoms with Crippen LogP contribution in [0.25, 0.3) is 0 Å². The number of nitrogens with zero attached hydrogens (tertiary/aromatic N) is 1. The Morgan fingerprint density at radius 3 is 2.40 bits per heavy atom. The molecule has 0 aliphatic carbocycles. The number of nitrogens with one attached hydrogen (secondary N) is 1. The molecule has 5 heteroatoms. The first-order valence-corrected chi connectivity index (χ1v) is 10.0. The maximum absolute atomic E-state index is 12.6. The number of fused-ring (bicyclic) bond motifs is 1. The van der Waals surface area contributed by atoms with Gasteiger partial charge in [0.1, 0.15) is 0 Å². The molecule has 1 N–H and O–H groups in total. The summed E-state index contributed by atoms with van der Waals surface area (Å²) in [5, 5.41) is 2.80. The van der Waals surface area contributed by atoms with Crippen LogP contribution in [0.1, 0.15) is 37.4 Å². The Kier molecular flexibility index (Phi) is 5.91. The molecule has 1 amide bonds. The molecule has 0 atom stereocenters. The Hall–Kier alpha value is -3.44. The van der Waals surface area contributed by atoms with Crippen molar-refractivity contribution in [2.45, 2.75) is 19.5 Å². The summed E-state index contributed by atoms with van der Waals surface area (Å²) in [4.78, 5) is 26.9. The van der Waals surface area contributed by atoms with Crippen molar-refractivity contribution in [3.8, 4) is 0 Å². The predicted octanol–water partition coefficient (Wildman–Crippen LogP) is 4.28. The summed E-state index contributed by atoms with van der Waals surface area (Å²) in [5.74, 6) is -0.742. The highest BCUT2D eigenvalue weighted by atomic mass is 16.5. The molecule has 0 unspecified atom stereocenters. The Morgan fingerprint density at radius 2 is 1.63 bits per heavy atom. The van der Waals surface area contributed by atoms with Crippen molar-refractivity contribution in [1.82, 2.24) is 4.90 Å². The monoisotopic (exact) mass is 400 g/mol. The summed E-state index contributed by atoms with van der Waals surface area (Å²) in [6, 6.07) is 23.0. The van der Waals surface area contributed by atoms with Gasteiger partial charge in [-0.05, 0) is 47.4 Å². The standard InChI is InChI=1S/C25H24N2O3/c1-30-25(29)22-8-4-5-9-23(22)26-24(28)20-12-10-18(11-13-20)16-27-15-14-19-6-2-3-7-21(19)17-27/h2-13H,14-17H2,1H3,(H,26,28). The molecule has 0 bridgehead atoms. The van der Waals surface area contributed by atoms with Crippen molar-refractivity contribution in [2.24, 2.45) is 0 Å². The van der Waals surface area contributed by atoms with E-state index in [0.717, 1.165) is 26.1 Å². The Labute approximate surface area is 176 Å². The van der Waals surface area contributed by atoms with Crippen LogP contribution in [0.4, 0.5) is 5.69 Å². The zero-order chi connectivity index (χ0) is 20.9. The molecular weight excluding hydrogens is 376 g/mol. The molecule has 0 spiro atoms. The number of esters is 1. The smallest absolute Gasteiger partial charge is 0.339 e. The molecule has 152 valence electrons. The lowest BCUT2D eigenvalue weighted by atomic mass is 9.99. The van der Waals surface area contributed by atoms with Gasteiger partial charge >= 0.3 is 5.97 Å². The van der Waals surface area contributed by atoms with Crippen LogP contribution in [0.15, 0.2) is 72.8 Å². The van der Waals surface area contributed by atoms with Crippen molar-refractivity contribution < 1.29 is 14.3 Å². The molecule has 30 heavy (non-hydrogen) atoms. The number of carbonyl (C=O) groups is 2. The van der Waals surface area contributed by atoms with E-state index >= 15 is 0 Å². The van der Waals surface area contributed by atoms with Gasteiger partial charge in [0.15, 0.2) is 0 Å². The minimum absolute atomic E-state index is 0.259. The van der Waals surface area contributed by atoms with Gasteiger partial charge in [-0.25, -0.2) is 4.79 Å². The van der Waals surface area contributed by atoms with E-state index in [-0.39, 0.29) is 5.91 Å². The summed E-state index contributed by atoms with van der Waals surface area (Å²) in [6.45, 7) is 2.83. The largest absolute Gasteiger partial charge is 0.465 e. The van der Waals surface area contributed by atoms with Gasteiger partial charge in [0.25, 0.3) is 5.91 Å². The second kappa shape index (κ2) is 8.93. The lowest BCUT2D eigenvalue weighted by molar-refractivity contribution is 0.0602. The summed E-state index contributed by atoms with van der Waals surface area (Å²) in [7, 11) is 1.32. The minimum Gasteiger partial charge on any atom is -0.465 e. The topological polar surface area (TPSA) is 58.6 Å². The van der Waals surface area contributed by atoms with E-state index in [9.17, 15) is 9.59 Å². The fourth-order valence-electron chi connectivity index (χ4n) is 3.78. The molecular formula is C25H24N2O3. The average molecular weight is 400 g/mol. The van der Waals surface area contributed by atoms with E-state index in [1.54, 1.807) is 24.3 Å². The van der Waals surface area contributed by atoms with Crippen LogP contribution in [0, 0.1) is 0 Å². The van der Waals surface area contributed by atoms with Gasteiger partial charge in [0.05, 0.1) is 18.4 Å². The molecule has 0 radical (unpaired) electrons. The third kappa shape index (κ3) is 4.42. The van der Waals surface area contributed by atoms with Gasteiger partial charge < -0.3 is 10.1 Å². The van der Waals surface area contributed by atoms with Crippen LogP contribution in [0.5, 0.6) is 0 Å². The number of methoxy groups -OCH3 is 1. The first kappa shape index (κ1) is 19.9. The fraction of sp³-hybridized carbons (Fsp3) is 0.200. The van der Waals surface area contributed by atoms with Crippen molar-refractivity contribution in [3.05, 3.63) is 101 Å². The first-order chi connectivity index (χ1) is 14.6. The molecule has 0 fully saturated rings. The van der Waals surface area contributed by atoms with Gasteiger partial charge in [-0.15, -0.1) is 0 Å². The fourth-order valence-corrected chi connectivity index (χ4v) is 3.78. The van der Waals surface area contributed by atoms with Crippen LogP contribution in [0.2, 0.25) is 0 Å². The zero-order valence-corrected chi connectivity index (χ0v) is 16.9. The van der Waals surface area contributed by atoms with Crippen molar-refractivity contribution in [2.75, 3.05) is 19.0 Å². The SMILES string of the molecule is COC(=O)c1ccccc1NC(=O)c1ccc(CN2CCc3ccccc3C2)cc1. The van der Waals surface area contributed by atoms with Gasteiger partial charge in [-0.1, -0.05) is 48.5 Å². The van der Waals surface area contributed by atoms with Crippen molar-refractivity contribution in [1.29, 1.82) is 0 Å². The molecule has 1 aliphatic heterocycles. The number of benzene rings is 3. The molecule has 4 rings (SSSR count). The number of amides is 1. The van der Waals surface area contributed by atoms with E-state index in [1.165, 1.54) is 23.8 Å². The van der Waals surface area contributed by atoms with Crippen LogP contribution in [-0.4, -0.2) is 30.4 Å². The van der Waals surface area contributed by atoms with E-state index in [1.807, 2.05) is 24.3 Å². The Morgan fingerprint density at radius 1 is 0.933 bits per heavy atom. The lowest BCUT2D eigenvalue weighted by Gasteiger charge is -2.28. The summed E-state index contributed by atoms with van der Waals surface area (Å²) >= 11 is 0. The first-order valence-electron chi connectivity index (χ1n) is 10.0. The number of hydrogen-bond acceptors (Lipinski definition) is 4. The quantitative estimate of drug-likeness (QED) is 0.650. The van der Waals surface area contributed by atoms with Crippen molar-refractivity contribution >= 4 is 17.6 Å². The third-order valence-electron chi connectivity index (χ3n) is 5.41. The van der Waals surface area contributed by atoms with Crippen LogP contribution in [-0.2, 0) is 24.2 Å². The predicted molar refractivity (Wildman–Crippen MR) is 116 cm³/mol. The summed E-state index contributed by atoms with van der Waals surface area (Å²) in [5.41, 5.74) is 5.31. The Balaban J connectivity index is 1.41. The van der Waals surface area contributed by atoms with E-state index < -0.39 is 5.97 Å². The highest BCUT2D eigenvalue weighted by Gasteiger charge is 2.17. The van der Waals surface area contributed by atoms with E-state index in [0.29, 0.717) is 16.8 Å². The number of rotatable bonds is 5. The molecule has 0 saturated heterocycles. The number of anilines is 1. The van der Waals surface area contributed by atoms with Gasteiger partial charge in [0.2, 0.25) is 0 Å². The maximum Gasteiger partial charge on any atom is 0.339 e. The minimum atomic E-state index is -0.482. The molecule has 1 aliphatic rings.